The molecule has 4 heteroatoms. The van der Waals surface area contributed by atoms with Crippen molar-refractivity contribution < 1.29 is 14.6 Å². The van der Waals surface area contributed by atoms with E-state index in [0.29, 0.717) is 13.0 Å². The van der Waals surface area contributed by atoms with E-state index < -0.39 is 0 Å². The zero-order valence-electron chi connectivity index (χ0n) is 15.0. The summed E-state index contributed by atoms with van der Waals surface area (Å²) < 4.78 is 5.54. The predicted octanol–water partition coefficient (Wildman–Crippen LogP) is 4.01. The molecule has 0 aliphatic heterocycles. The van der Waals surface area contributed by atoms with Crippen LogP contribution >= 0.6 is 0 Å². The first-order valence-corrected chi connectivity index (χ1v) is 8.94. The SMILES string of the molecule is O=C(COCc1ccccc1)N[C@H](Cc1cccc(O)c1)c1ccccc1. The molecular weight excluding hydrogens is 338 g/mol. The van der Waals surface area contributed by atoms with E-state index in [9.17, 15) is 9.90 Å². The number of carbonyl (C=O) groups excluding carboxylic acids is 1. The van der Waals surface area contributed by atoms with Crippen LogP contribution in [0.4, 0.5) is 0 Å². The van der Waals surface area contributed by atoms with Crippen LogP contribution < -0.4 is 5.32 Å². The van der Waals surface area contributed by atoms with E-state index in [0.717, 1.165) is 16.7 Å². The molecular formula is C23H23NO3. The highest BCUT2D eigenvalue weighted by molar-refractivity contribution is 5.77. The molecule has 0 aromatic heterocycles. The molecule has 3 rings (SSSR count). The number of hydrogen-bond donors (Lipinski definition) is 2. The molecule has 2 N–H and O–H groups in total. The summed E-state index contributed by atoms with van der Waals surface area (Å²) in [4.78, 5) is 12.4. The van der Waals surface area contributed by atoms with Crippen LogP contribution in [0.2, 0.25) is 0 Å². The maximum atomic E-state index is 12.4. The normalized spacial score (nSPS) is 11.7. The molecule has 3 aromatic carbocycles. The number of ether oxygens (including phenoxy) is 1. The third-order valence-corrected chi connectivity index (χ3v) is 4.23. The average Bonchev–Trinajstić information content (AvgIpc) is 2.69. The number of aromatic hydroxyl groups is 1. The third kappa shape index (κ3) is 5.97. The number of phenolic OH excluding ortho intramolecular Hbond substituents is 1. The molecule has 0 aliphatic rings. The largest absolute Gasteiger partial charge is 0.508 e. The van der Waals surface area contributed by atoms with Gasteiger partial charge in [0, 0.05) is 0 Å². The molecule has 4 nitrogen and oxygen atoms in total. The van der Waals surface area contributed by atoms with Gasteiger partial charge in [-0.15, -0.1) is 0 Å². The van der Waals surface area contributed by atoms with E-state index in [1.165, 1.54) is 0 Å². The molecule has 0 saturated heterocycles. The van der Waals surface area contributed by atoms with Crippen molar-refractivity contribution in [3.8, 4) is 5.75 Å². The topological polar surface area (TPSA) is 58.6 Å². The van der Waals surface area contributed by atoms with Gasteiger partial charge < -0.3 is 15.2 Å². The fraction of sp³-hybridized carbons (Fsp3) is 0.174. The maximum Gasteiger partial charge on any atom is 0.246 e. The van der Waals surface area contributed by atoms with Crippen molar-refractivity contribution in [2.45, 2.75) is 19.1 Å². The van der Waals surface area contributed by atoms with Gasteiger partial charge in [-0.05, 0) is 35.2 Å². The Morgan fingerprint density at radius 2 is 1.56 bits per heavy atom. The minimum absolute atomic E-state index is 0.00172. The Hall–Kier alpha value is -3.11. The van der Waals surface area contributed by atoms with Crippen LogP contribution in [0.25, 0.3) is 0 Å². The summed E-state index contributed by atoms with van der Waals surface area (Å²) in [6.07, 6.45) is 0.586. The number of amides is 1. The summed E-state index contributed by atoms with van der Waals surface area (Å²) in [6, 6.07) is 26.5. The molecule has 0 aliphatic carbocycles. The van der Waals surface area contributed by atoms with Crippen LogP contribution in [0.15, 0.2) is 84.9 Å². The van der Waals surface area contributed by atoms with Crippen molar-refractivity contribution in [2.75, 3.05) is 6.61 Å². The lowest BCUT2D eigenvalue weighted by Gasteiger charge is -2.20. The second-order valence-corrected chi connectivity index (χ2v) is 6.38. The zero-order chi connectivity index (χ0) is 18.9. The lowest BCUT2D eigenvalue weighted by Crippen LogP contribution is -2.32. The second-order valence-electron chi connectivity index (χ2n) is 6.38. The molecule has 0 heterocycles. The Morgan fingerprint density at radius 3 is 2.26 bits per heavy atom. The molecule has 27 heavy (non-hydrogen) atoms. The van der Waals surface area contributed by atoms with Gasteiger partial charge in [0.05, 0.1) is 12.6 Å². The lowest BCUT2D eigenvalue weighted by molar-refractivity contribution is -0.126. The van der Waals surface area contributed by atoms with Gasteiger partial charge in [-0.2, -0.15) is 0 Å². The van der Waals surface area contributed by atoms with Crippen molar-refractivity contribution in [2.24, 2.45) is 0 Å². The van der Waals surface area contributed by atoms with Gasteiger partial charge in [-0.25, -0.2) is 0 Å². The van der Waals surface area contributed by atoms with Crippen molar-refractivity contribution in [1.82, 2.24) is 5.32 Å². The number of phenols is 1. The summed E-state index contributed by atoms with van der Waals surface area (Å²) in [6.45, 7) is 0.398. The van der Waals surface area contributed by atoms with Crippen LogP contribution in [0.5, 0.6) is 5.75 Å². The molecule has 1 amide bonds. The van der Waals surface area contributed by atoms with E-state index >= 15 is 0 Å². The molecule has 0 saturated carbocycles. The maximum absolute atomic E-state index is 12.4. The molecule has 3 aromatic rings. The molecule has 0 fully saturated rings. The highest BCUT2D eigenvalue weighted by Crippen LogP contribution is 2.20. The van der Waals surface area contributed by atoms with E-state index in [1.54, 1.807) is 18.2 Å². The monoisotopic (exact) mass is 361 g/mol. The lowest BCUT2D eigenvalue weighted by atomic mass is 9.98. The van der Waals surface area contributed by atoms with Crippen molar-refractivity contribution >= 4 is 5.91 Å². The number of carbonyl (C=O) groups is 1. The number of rotatable bonds is 8. The third-order valence-electron chi connectivity index (χ3n) is 4.23. The van der Waals surface area contributed by atoms with Crippen LogP contribution in [-0.2, 0) is 22.6 Å². The fourth-order valence-electron chi connectivity index (χ4n) is 2.93. The van der Waals surface area contributed by atoms with Gasteiger partial charge in [-0.3, -0.25) is 4.79 Å². The summed E-state index contributed by atoms with van der Waals surface area (Å²) in [5.41, 5.74) is 3.00. The minimum atomic E-state index is -0.194. The summed E-state index contributed by atoms with van der Waals surface area (Å²) >= 11 is 0. The predicted molar refractivity (Wildman–Crippen MR) is 105 cm³/mol. The highest BCUT2D eigenvalue weighted by Gasteiger charge is 2.15. The fourth-order valence-corrected chi connectivity index (χ4v) is 2.93. The van der Waals surface area contributed by atoms with Crippen molar-refractivity contribution in [3.63, 3.8) is 0 Å². The van der Waals surface area contributed by atoms with Crippen molar-refractivity contribution in [3.05, 3.63) is 102 Å². The standard InChI is InChI=1S/C23H23NO3/c25-21-13-7-10-19(14-21)15-22(20-11-5-2-6-12-20)24-23(26)17-27-16-18-8-3-1-4-9-18/h1-14,22,25H,15-17H2,(H,24,26)/t22-/m1/s1. The van der Waals surface area contributed by atoms with Crippen molar-refractivity contribution in [1.29, 1.82) is 0 Å². The highest BCUT2D eigenvalue weighted by atomic mass is 16.5. The van der Waals surface area contributed by atoms with Gasteiger partial charge in [0.15, 0.2) is 0 Å². The molecule has 138 valence electrons. The first-order valence-electron chi connectivity index (χ1n) is 8.94. The van der Waals surface area contributed by atoms with E-state index in [4.69, 9.17) is 4.74 Å². The summed E-state index contributed by atoms with van der Waals surface area (Å²) in [7, 11) is 0. The average molecular weight is 361 g/mol. The van der Waals surface area contributed by atoms with Crippen LogP contribution in [0.3, 0.4) is 0 Å². The number of benzene rings is 3. The van der Waals surface area contributed by atoms with Gasteiger partial charge in [0.1, 0.15) is 12.4 Å². The Kier molecular flexibility index (Phi) is 6.61. The van der Waals surface area contributed by atoms with Crippen LogP contribution in [0.1, 0.15) is 22.7 Å². The minimum Gasteiger partial charge on any atom is -0.508 e. The quantitative estimate of drug-likeness (QED) is 0.637. The Balaban J connectivity index is 1.61. The Labute approximate surface area is 159 Å². The van der Waals surface area contributed by atoms with Gasteiger partial charge >= 0.3 is 0 Å². The first kappa shape index (κ1) is 18.7. The molecule has 0 spiro atoms. The summed E-state index contributed by atoms with van der Waals surface area (Å²) in [5, 5.41) is 12.7. The van der Waals surface area contributed by atoms with Crippen LogP contribution in [0, 0.1) is 0 Å². The van der Waals surface area contributed by atoms with Crippen LogP contribution in [-0.4, -0.2) is 17.6 Å². The smallest absolute Gasteiger partial charge is 0.246 e. The van der Waals surface area contributed by atoms with E-state index in [-0.39, 0.29) is 24.3 Å². The zero-order valence-corrected chi connectivity index (χ0v) is 15.0. The summed E-state index contributed by atoms with van der Waals surface area (Å²) in [5.74, 6) is 0.0526. The van der Waals surface area contributed by atoms with Gasteiger partial charge in [0.2, 0.25) is 5.91 Å². The molecule has 0 unspecified atom stereocenters. The first-order chi connectivity index (χ1) is 13.2. The molecule has 0 bridgehead atoms. The number of nitrogens with one attached hydrogen (secondary N) is 1. The van der Waals surface area contributed by atoms with E-state index in [2.05, 4.69) is 5.32 Å². The molecule has 0 radical (unpaired) electrons. The van der Waals surface area contributed by atoms with E-state index in [1.807, 2.05) is 66.7 Å². The second kappa shape index (κ2) is 9.55. The molecule has 1 atom stereocenters. The number of hydrogen-bond acceptors (Lipinski definition) is 3. The van der Waals surface area contributed by atoms with Gasteiger partial charge in [0.25, 0.3) is 0 Å². The Bertz CT molecular complexity index is 850. The Morgan fingerprint density at radius 1 is 0.889 bits per heavy atom. The van der Waals surface area contributed by atoms with Gasteiger partial charge in [-0.1, -0.05) is 72.8 Å².